The number of benzene rings is 7. The predicted molar refractivity (Wildman–Crippen MR) is 224 cm³/mol. The maximum absolute atomic E-state index is 8.99. The first-order valence-corrected chi connectivity index (χ1v) is 17.8. The first-order valence-electron chi connectivity index (χ1n) is 22.8. The number of aryl methyl sites for hydroxylation is 2. The monoisotopic (exact) mass is 719 g/mol. The molecule has 5 nitrogen and oxygen atoms in total. The Morgan fingerprint density at radius 3 is 1.98 bits per heavy atom. The minimum absolute atomic E-state index is 0.107. The fourth-order valence-corrected chi connectivity index (χ4v) is 7.30. The molecule has 7 aromatic carbocycles. The molecular weight excluding hydrogens is 673 g/mol. The van der Waals surface area contributed by atoms with E-state index in [1.165, 1.54) is 0 Å². The van der Waals surface area contributed by atoms with Crippen LogP contribution in [0.5, 0.6) is 11.5 Å². The number of aromatic nitrogens is 4. The number of hydrogen-bond acceptors (Lipinski definition) is 2. The second kappa shape index (κ2) is 13.3. The van der Waals surface area contributed by atoms with Gasteiger partial charge in [0, 0.05) is 40.2 Å². The Morgan fingerprint density at radius 1 is 0.582 bits per heavy atom. The van der Waals surface area contributed by atoms with Crippen LogP contribution in [-0.4, -0.2) is 14.1 Å². The Kier molecular flexibility index (Phi) is 5.67. The molecule has 10 aromatic rings. The Labute approximate surface area is 333 Å². The van der Waals surface area contributed by atoms with Crippen molar-refractivity contribution in [2.75, 3.05) is 0 Å². The van der Waals surface area contributed by atoms with Crippen molar-refractivity contribution in [3.8, 4) is 50.9 Å². The number of pyridine rings is 1. The Hall–Kier alpha value is -7.24. The van der Waals surface area contributed by atoms with E-state index in [0.29, 0.717) is 28.2 Å². The standard InChI is InChI=1S/C50H37N4O/c1-34-29-49(51-32-35(34)2)54-45-24-10-9-21-43(45)44-28-27-40(31-48(44)54)55-39-20-13-19-38(30-39)52-33-53(47-26-12-11-25-46(47)52)50-41(36-15-5-3-6-16-36)22-14-23-42(50)37-17-7-4-8-18-37/h3-33H,1-2H3/q+1/i3D,4D,5D,6D,7D,8D,15D,16D,17D,18D. The van der Waals surface area contributed by atoms with Crippen LogP contribution in [-0.2, 0) is 0 Å². The number of fused-ring (bicyclic) bond motifs is 4. The Balaban J connectivity index is 1.16. The third kappa shape index (κ3) is 5.65. The number of rotatable bonds is 7. The second-order valence-electron chi connectivity index (χ2n) is 13.3. The number of imidazole rings is 1. The van der Waals surface area contributed by atoms with E-state index in [0.717, 1.165) is 38.8 Å². The number of ether oxygens (including phenoxy) is 1. The molecule has 0 saturated heterocycles. The van der Waals surface area contributed by atoms with Crippen molar-refractivity contribution in [1.29, 1.82) is 0 Å². The van der Waals surface area contributed by atoms with Crippen molar-refractivity contribution in [3.63, 3.8) is 0 Å². The van der Waals surface area contributed by atoms with Gasteiger partial charge in [0.2, 0.25) is 0 Å². The van der Waals surface area contributed by atoms with Gasteiger partial charge in [0.05, 0.1) is 24.7 Å². The summed E-state index contributed by atoms with van der Waals surface area (Å²) < 4.78 is 99.1. The highest BCUT2D eigenvalue weighted by molar-refractivity contribution is 6.09. The van der Waals surface area contributed by atoms with E-state index >= 15 is 0 Å². The Morgan fingerprint density at radius 2 is 1.24 bits per heavy atom. The van der Waals surface area contributed by atoms with E-state index in [1.54, 1.807) is 29.1 Å². The van der Waals surface area contributed by atoms with Crippen LogP contribution >= 0.6 is 0 Å². The molecule has 0 aliphatic carbocycles. The van der Waals surface area contributed by atoms with Crippen molar-refractivity contribution in [1.82, 2.24) is 14.1 Å². The van der Waals surface area contributed by atoms with Crippen molar-refractivity contribution in [3.05, 3.63) is 199 Å². The third-order valence-corrected chi connectivity index (χ3v) is 10.0. The first-order chi connectivity index (χ1) is 31.2. The molecule has 3 aromatic heterocycles. The second-order valence-corrected chi connectivity index (χ2v) is 13.3. The van der Waals surface area contributed by atoms with Gasteiger partial charge in [-0.15, -0.1) is 0 Å². The lowest BCUT2D eigenvalue weighted by molar-refractivity contribution is -0.566. The van der Waals surface area contributed by atoms with Gasteiger partial charge in [-0.2, -0.15) is 9.13 Å². The smallest absolute Gasteiger partial charge is 0.255 e. The van der Waals surface area contributed by atoms with Crippen LogP contribution < -0.4 is 9.30 Å². The molecule has 0 spiro atoms. The topological polar surface area (TPSA) is 35.9 Å². The number of para-hydroxylation sites is 4. The average molecular weight is 720 g/mol. The van der Waals surface area contributed by atoms with Crippen LogP contribution in [0.15, 0.2) is 188 Å². The van der Waals surface area contributed by atoms with Crippen molar-refractivity contribution < 1.29 is 23.0 Å². The molecule has 0 aliphatic rings. The maximum atomic E-state index is 8.99. The van der Waals surface area contributed by atoms with Gasteiger partial charge in [-0.05, 0) is 84.6 Å². The molecule has 262 valence electrons. The van der Waals surface area contributed by atoms with Crippen LogP contribution in [0.25, 0.3) is 72.3 Å². The predicted octanol–water partition coefficient (Wildman–Crippen LogP) is 12.1. The molecule has 0 radical (unpaired) electrons. The number of nitrogens with zero attached hydrogens (tertiary/aromatic N) is 4. The summed E-state index contributed by atoms with van der Waals surface area (Å²) in [6.07, 6.45) is 3.66. The summed E-state index contributed by atoms with van der Waals surface area (Å²) >= 11 is 0. The zero-order valence-corrected chi connectivity index (χ0v) is 29.8. The molecular formula is C50H37N4O+. The van der Waals surface area contributed by atoms with E-state index in [9.17, 15) is 0 Å². The van der Waals surface area contributed by atoms with Crippen LogP contribution in [0.2, 0.25) is 0 Å². The molecule has 0 amide bonds. The molecule has 55 heavy (non-hydrogen) atoms. The molecule has 3 heterocycles. The highest BCUT2D eigenvalue weighted by atomic mass is 16.5. The zero-order valence-electron chi connectivity index (χ0n) is 39.8. The van der Waals surface area contributed by atoms with Gasteiger partial charge in [0.25, 0.3) is 6.33 Å². The minimum atomic E-state index is -0.556. The Bertz CT molecular complexity index is 3490. The van der Waals surface area contributed by atoms with E-state index in [2.05, 4.69) is 35.8 Å². The van der Waals surface area contributed by atoms with Gasteiger partial charge in [0.1, 0.15) is 28.7 Å². The van der Waals surface area contributed by atoms with Crippen molar-refractivity contribution in [2.45, 2.75) is 13.8 Å². The lowest BCUT2D eigenvalue weighted by Crippen LogP contribution is -2.30. The van der Waals surface area contributed by atoms with E-state index in [-0.39, 0.29) is 27.9 Å². The largest absolute Gasteiger partial charge is 0.457 e. The average Bonchev–Trinajstić information content (AvgIpc) is 3.86. The molecule has 10 rings (SSSR count). The summed E-state index contributed by atoms with van der Waals surface area (Å²) in [4.78, 5) is 4.81. The maximum Gasteiger partial charge on any atom is 0.255 e. The molecule has 5 heteroatoms. The molecule has 0 aliphatic heterocycles. The molecule has 0 N–H and O–H groups in total. The highest BCUT2D eigenvalue weighted by Gasteiger charge is 2.25. The molecule has 0 atom stereocenters. The summed E-state index contributed by atoms with van der Waals surface area (Å²) in [6.45, 7) is 4.11. The normalized spacial score (nSPS) is 14.0. The third-order valence-electron chi connectivity index (χ3n) is 10.0. The van der Waals surface area contributed by atoms with E-state index < -0.39 is 60.4 Å². The van der Waals surface area contributed by atoms with Crippen LogP contribution in [0.1, 0.15) is 24.8 Å². The van der Waals surface area contributed by atoms with Gasteiger partial charge < -0.3 is 4.74 Å². The van der Waals surface area contributed by atoms with Crippen LogP contribution in [0.4, 0.5) is 0 Å². The van der Waals surface area contributed by atoms with Crippen molar-refractivity contribution >= 4 is 32.8 Å². The van der Waals surface area contributed by atoms with Crippen LogP contribution in [0, 0.1) is 13.8 Å². The van der Waals surface area contributed by atoms with Crippen LogP contribution in [0.3, 0.4) is 0 Å². The quantitative estimate of drug-likeness (QED) is 0.154. The van der Waals surface area contributed by atoms with Gasteiger partial charge in [-0.25, -0.2) is 4.98 Å². The summed E-state index contributed by atoms with van der Waals surface area (Å²) in [5, 5.41) is 2.14. The van der Waals surface area contributed by atoms with E-state index in [1.807, 2.05) is 90.5 Å². The fraction of sp³-hybridized carbons (Fsp3) is 0.0400. The summed E-state index contributed by atoms with van der Waals surface area (Å²) in [5.74, 6) is 1.94. The molecule has 0 saturated carbocycles. The van der Waals surface area contributed by atoms with Gasteiger partial charge in [0.15, 0.2) is 11.0 Å². The molecule has 0 fully saturated rings. The SMILES string of the molecule is [2H]c1c([2H])c([2H])c(-c2cccc(-c3c([2H])c([2H])c([2H])c([2H])c3[2H])c2-[n+]2cn(-c3cccc(Oc4ccc5c6ccccc6n(-c6cc(C)c(C)cn6)c5c4)c3)c3ccccc32)c([2H])c1[2H]. The van der Waals surface area contributed by atoms with Gasteiger partial charge >= 0.3 is 0 Å². The fourth-order valence-electron chi connectivity index (χ4n) is 7.30. The van der Waals surface area contributed by atoms with Gasteiger partial charge in [-0.3, -0.25) is 4.57 Å². The van der Waals surface area contributed by atoms with Crippen molar-refractivity contribution in [2.24, 2.45) is 0 Å². The molecule has 0 unspecified atom stereocenters. The van der Waals surface area contributed by atoms with Gasteiger partial charge in [-0.1, -0.05) is 115 Å². The van der Waals surface area contributed by atoms with E-state index in [4.69, 9.17) is 23.4 Å². The zero-order chi connectivity index (χ0) is 45.6. The summed E-state index contributed by atoms with van der Waals surface area (Å²) in [5.41, 5.74) is 6.62. The number of hydrogen-bond donors (Lipinski definition) is 0. The lowest BCUT2D eigenvalue weighted by atomic mass is 9.95. The summed E-state index contributed by atoms with van der Waals surface area (Å²) in [6, 6.07) is 31.1. The minimum Gasteiger partial charge on any atom is -0.457 e. The summed E-state index contributed by atoms with van der Waals surface area (Å²) in [7, 11) is 0. The lowest BCUT2D eigenvalue weighted by Gasteiger charge is -2.13. The first kappa shape index (κ1) is 23.4. The highest BCUT2D eigenvalue weighted by Crippen LogP contribution is 2.37. The molecule has 0 bridgehead atoms.